The van der Waals surface area contributed by atoms with E-state index in [2.05, 4.69) is 10.6 Å². The summed E-state index contributed by atoms with van der Waals surface area (Å²) < 4.78 is 12.7. The van der Waals surface area contributed by atoms with Gasteiger partial charge in [0.15, 0.2) is 11.9 Å². The van der Waals surface area contributed by atoms with Gasteiger partial charge in [-0.2, -0.15) is 0 Å². The SMILES string of the molecule is CC(C(=O)Nc1cccc(C(=O)C=O)c1)N(N)/C=C(\N)CNC(=O)c1ccc2c(c1)C1(OC2=O)c2ccc(N(C)C)cc2Oc2cc(N(C)C)ccc21. The molecule has 2 heterocycles. The van der Waals surface area contributed by atoms with Crippen LogP contribution in [0, 0.1) is 0 Å². The fourth-order valence-electron chi connectivity index (χ4n) is 6.23. The maximum absolute atomic E-state index is 13.6. The van der Waals surface area contributed by atoms with E-state index in [4.69, 9.17) is 21.1 Å². The summed E-state index contributed by atoms with van der Waals surface area (Å²) >= 11 is 0. The Morgan fingerprint density at radius 1 is 0.849 bits per heavy atom. The van der Waals surface area contributed by atoms with Gasteiger partial charge in [-0.05, 0) is 61.5 Å². The summed E-state index contributed by atoms with van der Waals surface area (Å²) in [5, 5.41) is 6.50. The molecule has 272 valence electrons. The number of rotatable bonds is 11. The van der Waals surface area contributed by atoms with Gasteiger partial charge in [0.1, 0.15) is 17.5 Å². The molecule has 2 aliphatic rings. The van der Waals surface area contributed by atoms with Crippen molar-refractivity contribution >= 4 is 46.9 Å². The predicted octanol–water partition coefficient (Wildman–Crippen LogP) is 3.50. The van der Waals surface area contributed by atoms with Crippen LogP contribution in [0.2, 0.25) is 0 Å². The maximum atomic E-state index is 13.6. The molecule has 53 heavy (non-hydrogen) atoms. The molecule has 1 spiro atoms. The summed E-state index contributed by atoms with van der Waals surface area (Å²) in [5.74, 6) is 4.92. The molecule has 0 aromatic heterocycles. The summed E-state index contributed by atoms with van der Waals surface area (Å²) in [7, 11) is 7.68. The molecule has 0 bridgehead atoms. The Hall–Kier alpha value is -6.67. The molecule has 4 aromatic rings. The molecule has 0 saturated heterocycles. The molecular formula is C39H39N7O7. The quantitative estimate of drug-likeness (QED) is 0.0442. The molecule has 14 heteroatoms. The minimum Gasteiger partial charge on any atom is -0.456 e. The molecule has 6 rings (SSSR count). The lowest BCUT2D eigenvalue weighted by atomic mass is 9.77. The standard InChI is InChI=1S/C39H39N7O7/c1-22(36(49)43-26-8-6-7-23(15-26)33(48)21-47)46(41)20-25(40)19-42-37(50)24-9-12-29-32(16-24)39(53-38(29)51)30-13-10-27(44(2)3)17-34(30)52-35-18-28(45(4)5)11-14-31(35)39/h6-18,20-22H,19,40-41H2,1-5H3,(H,42,50)(H,43,49)/b25-20-. The zero-order valence-corrected chi connectivity index (χ0v) is 29.8. The van der Waals surface area contributed by atoms with Crippen LogP contribution >= 0.6 is 0 Å². The van der Waals surface area contributed by atoms with Crippen LogP contribution in [0.4, 0.5) is 17.1 Å². The number of ketones is 1. The third kappa shape index (κ3) is 6.74. The van der Waals surface area contributed by atoms with Gasteiger partial charge in [0.2, 0.25) is 11.7 Å². The third-order valence-corrected chi connectivity index (χ3v) is 9.18. The molecule has 4 aromatic carbocycles. The molecule has 2 amide bonds. The first-order valence-corrected chi connectivity index (χ1v) is 16.6. The molecular weight excluding hydrogens is 678 g/mol. The van der Waals surface area contributed by atoms with Gasteiger partial charge in [-0.25, -0.2) is 10.6 Å². The number of anilines is 3. The van der Waals surface area contributed by atoms with Gasteiger partial charge >= 0.3 is 5.97 Å². The second kappa shape index (κ2) is 14.2. The van der Waals surface area contributed by atoms with Crippen molar-refractivity contribution in [1.82, 2.24) is 10.3 Å². The number of nitrogens with two attached hydrogens (primary N) is 2. The van der Waals surface area contributed by atoms with E-state index in [0.29, 0.717) is 39.4 Å². The number of carbonyl (C=O) groups is 5. The lowest BCUT2D eigenvalue weighted by Crippen LogP contribution is -2.44. The highest BCUT2D eigenvalue weighted by Crippen LogP contribution is 2.57. The van der Waals surface area contributed by atoms with Gasteiger partial charge in [0.05, 0.1) is 12.1 Å². The molecule has 0 fully saturated rings. The second-order valence-electron chi connectivity index (χ2n) is 13.1. The van der Waals surface area contributed by atoms with Gasteiger partial charge in [0, 0.05) is 97.1 Å². The van der Waals surface area contributed by atoms with Crippen molar-refractivity contribution in [3.05, 3.63) is 124 Å². The van der Waals surface area contributed by atoms with E-state index in [1.54, 1.807) is 24.3 Å². The number of hydrogen-bond acceptors (Lipinski definition) is 12. The number of amides is 2. The molecule has 1 atom stereocenters. The number of hydrazine groups is 1. The molecule has 0 aliphatic carbocycles. The summed E-state index contributed by atoms with van der Waals surface area (Å²) in [4.78, 5) is 66.3. The van der Waals surface area contributed by atoms with Crippen LogP contribution in [0.25, 0.3) is 0 Å². The first-order chi connectivity index (χ1) is 25.2. The third-order valence-electron chi connectivity index (χ3n) is 9.18. The lowest BCUT2D eigenvalue weighted by molar-refractivity contribution is -0.120. The Bertz CT molecular complexity index is 2140. The van der Waals surface area contributed by atoms with Crippen molar-refractivity contribution in [2.24, 2.45) is 11.6 Å². The van der Waals surface area contributed by atoms with Gasteiger partial charge < -0.3 is 40.6 Å². The molecule has 0 saturated carbocycles. The summed E-state index contributed by atoms with van der Waals surface area (Å²) in [6.45, 7) is 1.42. The van der Waals surface area contributed by atoms with E-state index >= 15 is 0 Å². The van der Waals surface area contributed by atoms with Gasteiger partial charge in [0.25, 0.3) is 5.91 Å². The topological polar surface area (TPSA) is 190 Å². The Morgan fingerprint density at radius 3 is 2.09 bits per heavy atom. The minimum absolute atomic E-state index is 0.117. The molecule has 6 N–H and O–H groups in total. The number of benzene rings is 4. The fourth-order valence-corrected chi connectivity index (χ4v) is 6.23. The number of aldehydes is 1. The van der Waals surface area contributed by atoms with E-state index < -0.39 is 35.2 Å². The van der Waals surface area contributed by atoms with Crippen molar-refractivity contribution < 1.29 is 33.4 Å². The number of nitrogens with one attached hydrogen (secondary N) is 2. The number of ether oxygens (including phenoxy) is 2. The van der Waals surface area contributed by atoms with Crippen LogP contribution in [0.15, 0.2) is 90.8 Å². The second-order valence-corrected chi connectivity index (χ2v) is 13.1. The Balaban J connectivity index is 1.23. The number of fused-ring (bicyclic) bond motifs is 6. The summed E-state index contributed by atoms with van der Waals surface area (Å²) in [6.07, 6.45) is 1.51. The van der Waals surface area contributed by atoms with Gasteiger partial charge in [-0.15, -0.1) is 0 Å². The van der Waals surface area contributed by atoms with E-state index in [9.17, 15) is 24.0 Å². The van der Waals surface area contributed by atoms with Crippen LogP contribution in [0.1, 0.15) is 54.7 Å². The Labute approximate surface area is 305 Å². The van der Waals surface area contributed by atoms with E-state index in [1.807, 2.05) is 74.4 Å². The summed E-state index contributed by atoms with van der Waals surface area (Å²) in [6, 6.07) is 21.2. The average molecular weight is 718 g/mol. The Morgan fingerprint density at radius 2 is 1.49 bits per heavy atom. The number of nitrogens with zero attached hydrogens (tertiary/aromatic N) is 3. The van der Waals surface area contributed by atoms with Crippen molar-refractivity contribution in [2.45, 2.75) is 18.6 Å². The number of carbonyl (C=O) groups excluding carboxylic acids is 5. The van der Waals surface area contributed by atoms with Gasteiger partial charge in [-0.1, -0.05) is 12.1 Å². The fraction of sp³-hybridized carbons (Fsp3) is 0.205. The van der Waals surface area contributed by atoms with Crippen LogP contribution in [0.3, 0.4) is 0 Å². The minimum atomic E-state index is -1.39. The van der Waals surface area contributed by atoms with E-state index in [0.717, 1.165) is 16.4 Å². The van der Waals surface area contributed by atoms with Gasteiger partial charge in [-0.3, -0.25) is 19.2 Å². The molecule has 2 aliphatic heterocycles. The normalized spacial score (nSPS) is 14.1. The van der Waals surface area contributed by atoms with Crippen LogP contribution in [-0.4, -0.2) is 75.6 Å². The van der Waals surface area contributed by atoms with E-state index in [1.165, 1.54) is 31.3 Å². The smallest absolute Gasteiger partial charge is 0.340 e. The van der Waals surface area contributed by atoms with Crippen molar-refractivity contribution in [3.63, 3.8) is 0 Å². The van der Waals surface area contributed by atoms with Crippen molar-refractivity contribution in [1.29, 1.82) is 0 Å². The maximum Gasteiger partial charge on any atom is 0.340 e. The molecule has 1 unspecified atom stereocenters. The lowest BCUT2D eigenvalue weighted by Gasteiger charge is -2.37. The predicted molar refractivity (Wildman–Crippen MR) is 199 cm³/mol. The zero-order chi connectivity index (χ0) is 38.2. The molecule has 0 radical (unpaired) electrons. The van der Waals surface area contributed by atoms with Crippen LogP contribution in [-0.2, 0) is 19.9 Å². The first-order valence-electron chi connectivity index (χ1n) is 16.6. The monoisotopic (exact) mass is 717 g/mol. The average Bonchev–Trinajstić information content (AvgIpc) is 3.43. The van der Waals surface area contributed by atoms with Crippen LogP contribution < -0.4 is 36.7 Å². The van der Waals surface area contributed by atoms with Crippen molar-refractivity contribution in [2.75, 3.05) is 49.9 Å². The van der Waals surface area contributed by atoms with Crippen molar-refractivity contribution in [3.8, 4) is 11.5 Å². The highest BCUT2D eigenvalue weighted by atomic mass is 16.6. The van der Waals surface area contributed by atoms with Crippen LogP contribution in [0.5, 0.6) is 11.5 Å². The first kappa shape index (κ1) is 36.1. The number of hydrogen-bond donors (Lipinski definition) is 4. The summed E-state index contributed by atoms with van der Waals surface area (Å²) in [5.41, 5.74) is 9.47. The zero-order valence-electron chi connectivity index (χ0n) is 29.8. The highest BCUT2D eigenvalue weighted by Gasteiger charge is 2.54. The Kier molecular flexibility index (Phi) is 9.65. The number of esters is 1. The molecule has 14 nitrogen and oxygen atoms in total. The highest BCUT2D eigenvalue weighted by molar-refractivity contribution is 6.33. The largest absolute Gasteiger partial charge is 0.456 e. The number of Topliss-reactive ketones (excluding diaryl/α,β-unsaturated/α-hetero) is 1. The van der Waals surface area contributed by atoms with E-state index in [-0.39, 0.29) is 29.7 Å².